The molecule has 21 heavy (non-hydrogen) atoms. The van der Waals surface area contributed by atoms with E-state index in [2.05, 4.69) is 18.5 Å². The fourth-order valence-corrected chi connectivity index (χ4v) is 1.47. The number of Topliss-reactive ketones (excluding diaryl/α,β-unsaturated/α-hetero) is 1. The van der Waals surface area contributed by atoms with E-state index in [0.717, 1.165) is 0 Å². The first-order valence-electron chi connectivity index (χ1n) is 6.32. The Morgan fingerprint density at radius 3 is 2.10 bits per heavy atom. The van der Waals surface area contributed by atoms with Crippen LogP contribution in [0.4, 0.5) is 0 Å². The van der Waals surface area contributed by atoms with Gasteiger partial charge < -0.3 is 11.1 Å². The summed E-state index contributed by atoms with van der Waals surface area (Å²) in [6.07, 6.45) is 6.25. The second-order valence-corrected chi connectivity index (χ2v) is 4.28. The van der Waals surface area contributed by atoms with Crippen molar-refractivity contribution in [2.24, 2.45) is 5.73 Å². The highest BCUT2D eigenvalue weighted by Crippen LogP contribution is 2.06. The lowest BCUT2D eigenvalue weighted by Gasteiger charge is -2.06. The number of allylic oxidation sites excluding steroid dienone is 4. The Morgan fingerprint density at radius 1 is 1.05 bits per heavy atom. The normalized spacial score (nSPS) is 11.7. The van der Waals surface area contributed by atoms with Gasteiger partial charge in [-0.2, -0.15) is 0 Å². The zero-order chi connectivity index (χ0) is 15.8. The molecule has 0 radical (unpaired) electrons. The molecule has 0 aromatic heterocycles. The first-order chi connectivity index (χ1) is 9.97. The van der Waals surface area contributed by atoms with Gasteiger partial charge in [0.1, 0.15) is 0 Å². The molecule has 0 unspecified atom stereocenters. The van der Waals surface area contributed by atoms with Crippen LogP contribution in [-0.4, -0.2) is 11.7 Å². The predicted molar refractivity (Wildman–Crippen MR) is 84.7 cm³/mol. The molecule has 3 N–H and O–H groups in total. The summed E-state index contributed by atoms with van der Waals surface area (Å²) < 4.78 is 0. The number of ketones is 1. The molecule has 1 aromatic carbocycles. The van der Waals surface area contributed by atoms with Gasteiger partial charge in [0.15, 0.2) is 5.78 Å². The number of nitrogens with one attached hydrogen (secondary N) is 1. The van der Waals surface area contributed by atoms with Gasteiger partial charge in [-0.05, 0) is 43.4 Å². The van der Waals surface area contributed by atoms with Gasteiger partial charge in [0, 0.05) is 22.5 Å². The fraction of sp³-hybridized carbons (Fsp3) is 0.0588. The van der Waals surface area contributed by atoms with Crippen LogP contribution < -0.4 is 11.1 Å². The van der Waals surface area contributed by atoms with Crippen LogP contribution in [0, 0.1) is 0 Å². The summed E-state index contributed by atoms with van der Waals surface area (Å²) in [6, 6.07) is 6.43. The quantitative estimate of drug-likeness (QED) is 0.622. The molecule has 108 valence electrons. The average Bonchev–Trinajstić information content (AvgIpc) is 2.50. The summed E-state index contributed by atoms with van der Waals surface area (Å²) in [5, 5.41) is 2.70. The molecule has 0 saturated heterocycles. The molecule has 1 rings (SSSR count). The van der Waals surface area contributed by atoms with Gasteiger partial charge in [-0.3, -0.25) is 9.59 Å². The van der Waals surface area contributed by atoms with E-state index in [1.807, 2.05) is 0 Å². The topological polar surface area (TPSA) is 72.2 Å². The van der Waals surface area contributed by atoms with Crippen molar-refractivity contribution in [1.29, 1.82) is 0 Å². The van der Waals surface area contributed by atoms with Crippen LogP contribution in [0.15, 0.2) is 73.1 Å². The fourth-order valence-electron chi connectivity index (χ4n) is 1.47. The minimum Gasteiger partial charge on any atom is -0.399 e. The van der Waals surface area contributed by atoms with Crippen molar-refractivity contribution in [3.05, 3.63) is 84.2 Å². The minimum atomic E-state index is -0.290. The zero-order valence-electron chi connectivity index (χ0n) is 11.9. The molecule has 0 aliphatic heterocycles. The van der Waals surface area contributed by atoms with Crippen molar-refractivity contribution in [2.45, 2.75) is 6.92 Å². The first kappa shape index (κ1) is 16.2. The number of carbonyl (C=O) groups excluding carboxylic acids is 2. The highest BCUT2D eigenvalue weighted by Gasteiger charge is 2.07. The lowest BCUT2D eigenvalue weighted by molar-refractivity contribution is 0.0964. The molecule has 0 bridgehead atoms. The lowest BCUT2D eigenvalue weighted by Crippen LogP contribution is -2.21. The number of hydrogen-bond donors (Lipinski definition) is 2. The molecule has 1 aromatic rings. The maximum Gasteiger partial charge on any atom is 0.255 e. The first-order valence-corrected chi connectivity index (χ1v) is 6.32. The Balaban J connectivity index is 2.86. The standard InChI is InChI=1S/C17H18N2O2/c1-4-15(18)10-11-16(5-2)19-17(21)14-8-6-13(7-9-14)12(3)20/h4-11H,1-2,18H2,3H3,(H,19,21)/b15-10+,16-11+. The van der Waals surface area contributed by atoms with Crippen LogP contribution >= 0.6 is 0 Å². The second kappa shape index (κ2) is 7.65. The van der Waals surface area contributed by atoms with E-state index in [-0.39, 0.29) is 11.7 Å². The zero-order valence-corrected chi connectivity index (χ0v) is 11.9. The van der Waals surface area contributed by atoms with Crippen molar-refractivity contribution >= 4 is 11.7 Å². The van der Waals surface area contributed by atoms with E-state index in [4.69, 9.17) is 5.73 Å². The number of rotatable bonds is 6. The van der Waals surface area contributed by atoms with Gasteiger partial charge >= 0.3 is 0 Å². The van der Waals surface area contributed by atoms with E-state index in [0.29, 0.717) is 22.5 Å². The Labute approximate surface area is 124 Å². The summed E-state index contributed by atoms with van der Waals surface area (Å²) in [4.78, 5) is 23.2. The molecule has 4 heteroatoms. The summed E-state index contributed by atoms with van der Waals surface area (Å²) in [6.45, 7) is 8.63. The molecule has 0 atom stereocenters. The molecule has 0 saturated carbocycles. The summed E-state index contributed by atoms with van der Waals surface area (Å²) in [5.74, 6) is -0.333. The molecule has 0 spiro atoms. The van der Waals surface area contributed by atoms with Crippen LogP contribution in [0.3, 0.4) is 0 Å². The highest BCUT2D eigenvalue weighted by molar-refractivity contribution is 5.98. The van der Waals surface area contributed by atoms with Crippen molar-refractivity contribution in [2.75, 3.05) is 0 Å². The number of amides is 1. The van der Waals surface area contributed by atoms with E-state index in [9.17, 15) is 9.59 Å². The number of nitrogens with two attached hydrogens (primary N) is 1. The Bertz CT molecular complexity index is 623. The molecule has 0 fully saturated rings. The van der Waals surface area contributed by atoms with Gasteiger partial charge in [-0.1, -0.05) is 25.3 Å². The third kappa shape index (κ3) is 4.95. The van der Waals surface area contributed by atoms with Crippen molar-refractivity contribution in [3.63, 3.8) is 0 Å². The monoisotopic (exact) mass is 282 g/mol. The summed E-state index contributed by atoms with van der Waals surface area (Å²) >= 11 is 0. The van der Waals surface area contributed by atoms with Crippen molar-refractivity contribution < 1.29 is 9.59 Å². The third-order valence-corrected chi connectivity index (χ3v) is 2.72. The Morgan fingerprint density at radius 2 is 1.62 bits per heavy atom. The highest BCUT2D eigenvalue weighted by atomic mass is 16.1. The number of benzene rings is 1. The van der Waals surface area contributed by atoms with E-state index in [1.165, 1.54) is 19.1 Å². The van der Waals surface area contributed by atoms with E-state index >= 15 is 0 Å². The molecular formula is C17H18N2O2. The molecule has 4 nitrogen and oxygen atoms in total. The Hall–Kier alpha value is -2.88. The van der Waals surface area contributed by atoms with Crippen LogP contribution in [-0.2, 0) is 0 Å². The molecular weight excluding hydrogens is 264 g/mol. The van der Waals surface area contributed by atoms with Crippen molar-refractivity contribution in [1.82, 2.24) is 5.32 Å². The van der Waals surface area contributed by atoms with Gasteiger partial charge in [0.05, 0.1) is 0 Å². The lowest BCUT2D eigenvalue weighted by atomic mass is 10.1. The van der Waals surface area contributed by atoms with Gasteiger partial charge in [-0.25, -0.2) is 0 Å². The van der Waals surface area contributed by atoms with Crippen LogP contribution in [0.5, 0.6) is 0 Å². The maximum atomic E-state index is 12.1. The molecule has 0 heterocycles. The van der Waals surface area contributed by atoms with E-state index in [1.54, 1.807) is 36.4 Å². The van der Waals surface area contributed by atoms with Crippen LogP contribution in [0.25, 0.3) is 0 Å². The number of hydrogen-bond acceptors (Lipinski definition) is 3. The predicted octanol–water partition coefficient (Wildman–Crippen LogP) is 2.72. The molecule has 0 aliphatic carbocycles. The van der Waals surface area contributed by atoms with E-state index < -0.39 is 0 Å². The second-order valence-electron chi connectivity index (χ2n) is 4.28. The van der Waals surface area contributed by atoms with Gasteiger partial charge in [-0.15, -0.1) is 0 Å². The minimum absolute atomic E-state index is 0.0429. The maximum absolute atomic E-state index is 12.1. The largest absolute Gasteiger partial charge is 0.399 e. The Kier molecular flexibility index (Phi) is 5.89. The molecule has 1 amide bonds. The SMILES string of the molecule is C=C/C(N)=C\C=C(/C=C)NC(=O)c1ccc(C(C)=O)cc1. The summed E-state index contributed by atoms with van der Waals surface area (Å²) in [7, 11) is 0. The molecule has 0 aliphatic rings. The van der Waals surface area contributed by atoms with Crippen LogP contribution in [0.2, 0.25) is 0 Å². The smallest absolute Gasteiger partial charge is 0.255 e. The van der Waals surface area contributed by atoms with Gasteiger partial charge in [0.25, 0.3) is 5.91 Å². The third-order valence-electron chi connectivity index (χ3n) is 2.72. The number of carbonyl (C=O) groups is 2. The average molecular weight is 282 g/mol. The summed E-state index contributed by atoms with van der Waals surface area (Å²) in [5.41, 5.74) is 7.59. The van der Waals surface area contributed by atoms with Crippen LogP contribution in [0.1, 0.15) is 27.6 Å². The van der Waals surface area contributed by atoms with Gasteiger partial charge in [0.2, 0.25) is 0 Å². The van der Waals surface area contributed by atoms with Crippen molar-refractivity contribution in [3.8, 4) is 0 Å².